The van der Waals surface area contributed by atoms with Gasteiger partial charge in [0.05, 0.1) is 0 Å². The standard InChI is InChI=1S/C10H21NS/c1-6-9(2)7-11-8-10(3,4)12-5/h11H,2,6-8H2,1,3-5H3. The minimum Gasteiger partial charge on any atom is -0.312 e. The van der Waals surface area contributed by atoms with Crippen molar-refractivity contribution in [2.45, 2.75) is 31.9 Å². The summed E-state index contributed by atoms with van der Waals surface area (Å²) in [6.07, 6.45) is 3.23. The summed E-state index contributed by atoms with van der Waals surface area (Å²) in [6.45, 7) is 12.6. The van der Waals surface area contributed by atoms with E-state index in [-0.39, 0.29) is 0 Å². The van der Waals surface area contributed by atoms with Crippen molar-refractivity contribution in [3.8, 4) is 0 Å². The predicted octanol–water partition coefficient (Wildman–Crippen LogP) is 2.68. The molecule has 0 saturated heterocycles. The van der Waals surface area contributed by atoms with Crippen molar-refractivity contribution < 1.29 is 0 Å². The fourth-order valence-electron chi connectivity index (χ4n) is 0.737. The average molecular weight is 187 g/mol. The Kier molecular flexibility index (Phi) is 5.68. The number of hydrogen-bond donors (Lipinski definition) is 1. The summed E-state index contributed by atoms with van der Waals surface area (Å²) < 4.78 is 0.341. The van der Waals surface area contributed by atoms with Crippen molar-refractivity contribution in [2.24, 2.45) is 0 Å². The lowest BCUT2D eigenvalue weighted by atomic mass is 10.2. The van der Waals surface area contributed by atoms with Gasteiger partial charge in [-0.2, -0.15) is 11.8 Å². The summed E-state index contributed by atoms with van der Waals surface area (Å²) in [7, 11) is 0. The fourth-order valence-corrected chi connectivity index (χ4v) is 0.984. The van der Waals surface area contributed by atoms with Crippen LogP contribution in [0.4, 0.5) is 0 Å². The van der Waals surface area contributed by atoms with Crippen LogP contribution in [0, 0.1) is 0 Å². The Balaban J connectivity index is 3.49. The van der Waals surface area contributed by atoms with Crippen LogP contribution in [0.3, 0.4) is 0 Å². The monoisotopic (exact) mass is 187 g/mol. The van der Waals surface area contributed by atoms with E-state index in [4.69, 9.17) is 0 Å². The first kappa shape index (κ1) is 12.0. The van der Waals surface area contributed by atoms with Crippen molar-refractivity contribution in [3.63, 3.8) is 0 Å². The molecule has 0 amide bonds. The first-order chi connectivity index (χ1) is 5.52. The zero-order valence-corrected chi connectivity index (χ0v) is 9.55. The zero-order chi connectivity index (χ0) is 9.61. The lowest BCUT2D eigenvalue weighted by Crippen LogP contribution is -2.32. The summed E-state index contributed by atoms with van der Waals surface area (Å²) in [5.74, 6) is 0. The molecule has 0 heterocycles. The van der Waals surface area contributed by atoms with E-state index in [1.54, 1.807) is 0 Å². The number of thioether (sulfide) groups is 1. The highest BCUT2D eigenvalue weighted by atomic mass is 32.2. The summed E-state index contributed by atoms with van der Waals surface area (Å²) in [5, 5.41) is 3.41. The second-order valence-electron chi connectivity index (χ2n) is 3.67. The average Bonchev–Trinajstić information content (AvgIpc) is 2.04. The van der Waals surface area contributed by atoms with Crippen LogP contribution in [0.5, 0.6) is 0 Å². The maximum Gasteiger partial charge on any atom is 0.0225 e. The van der Waals surface area contributed by atoms with E-state index in [2.05, 4.69) is 38.9 Å². The Morgan fingerprint density at radius 2 is 2.08 bits per heavy atom. The van der Waals surface area contributed by atoms with Gasteiger partial charge in [0, 0.05) is 17.8 Å². The van der Waals surface area contributed by atoms with E-state index in [9.17, 15) is 0 Å². The molecule has 12 heavy (non-hydrogen) atoms. The molecule has 0 aromatic heterocycles. The molecule has 2 heteroatoms. The summed E-state index contributed by atoms with van der Waals surface area (Å²) in [6, 6.07) is 0. The molecular formula is C10H21NS. The van der Waals surface area contributed by atoms with E-state index in [0.29, 0.717) is 4.75 Å². The van der Waals surface area contributed by atoms with E-state index in [0.717, 1.165) is 19.5 Å². The minimum absolute atomic E-state index is 0.341. The third kappa shape index (κ3) is 5.67. The van der Waals surface area contributed by atoms with Gasteiger partial charge >= 0.3 is 0 Å². The Morgan fingerprint density at radius 1 is 1.50 bits per heavy atom. The van der Waals surface area contributed by atoms with Gasteiger partial charge in [-0.15, -0.1) is 0 Å². The minimum atomic E-state index is 0.341. The number of nitrogens with one attached hydrogen (secondary N) is 1. The quantitative estimate of drug-likeness (QED) is 0.642. The van der Waals surface area contributed by atoms with Crippen LogP contribution in [-0.4, -0.2) is 24.1 Å². The molecule has 0 radical (unpaired) electrons. The lowest BCUT2D eigenvalue weighted by molar-refractivity contribution is 0.610. The van der Waals surface area contributed by atoms with Crippen LogP contribution in [-0.2, 0) is 0 Å². The third-order valence-electron chi connectivity index (χ3n) is 1.98. The second kappa shape index (κ2) is 5.65. The first-order valence-electron chi connectivity index (χ1n) is 4.44. The zero-order valence-electron chi connectivity index (χ0n) is 8.74. The fraction of sp³-hybridized carbons (Fsp3) is 0.800. The summed E-state index contributed by atoms with van der Waals surface area (Å²) in [4.78, 5) is 0. The van der Waals surface area contributed by atoms with Crippen molar-refractivity contribution in [1.29, 1.82) is 0 Å². The summed E-state index contributed by atoms with van der Waals surface area (Å²) >= 11 is 1.89. The van der Waals surface area contributed by atoms with Crippen LogP contribution in [0.15, 0.2) is 12.2 Å². The molecule has 0 unspecified atom stereocenters. The lowest BCUT2D eigenvalue weighted by Gasteiger charge is -2.22. The summed E-state index contributed by atoms with van der Waals surface area (Å²) in [5.41, 5.74) is 1.28. The molecule has 0 fully saturated rings. The van der Waals surface area contributed by atoms with E-state index < -0.39 is 0 Å². The van der Waals surface area contributed by atoms with Crippen LogP contribution in [0.2, 0.25) is 0 Å². The van der Waals surface area contributed by atoms with E-state index in [1.807, 2.05) is 11.8 Å². The first-order valence-corrected chi connectivity index (χ1v) is 5.67. The van der Waals surface area contributed by atoms with Gasteiger partial charge in [0.25, 0.3) is 0 Å². The van der Waals surface area contributed by atoms with Gasteiger partial charge in [0.15, 0.2) is 0 Å². The third-order valence-corrected chi connectivity index (χ3v) is 3.23. The Hall–Kier alpha value is 0.0500. The van der Waals surface area contributed by atoms with E-state index >= 15 is 0 Å². The molecule has 1 N–H and O–H groups in total. The molecule has 0 aliphatic heterocycles. The van der Waals surface area contributed by atoms with Gasteiger partial charge in [-0.1, -0.05) is 19.1 Å². The molecule has 1 nitrogen and oxygen atoms in total. The van der Waals surface area contributed by atoms with Gasteiger partial charge in [0.2, 0.25) is 0 Å². The van der Waals surface area contributed by atoms with Crippen LogP contribution in [0.1, 0.15) is 27.2 Å². The molecule has 0 aliphatic carbocycles. The molecule has 0 aliphatic rings. The van der Waals surface area contributed by atoms with Gasteiger partial charge in [0.1, 0.15) is 0 Å². The van der Waals surface area contributed by atoms with Gasteiger partial charge in [-0.3, -0.25) is 0 Å². The highest BCUT2D eigenvalue weighted by Crippen LogP contribution is 2.19. The molecule has 72 valence electrons. The molecule has 0 aromatic carbocycles. The second-order valence-corrected chi connectivity index (χ2v) is 5.18. The van der Waals surface area contributed by atoms with E-state index in [1.165, 1.54) is 5.57 Å². The number of hydrogen-bond acceptors (Lipinski definition) is 2. The highest BCUT2D eigenvalue weighted by Gasteiger charge is 2.14. The topological polar surface area (TPSA) is 12.0 Å². The largest absolute Gasteiger partial charge is 0.312 e. The SMILES string of the molecule is C=C(CC)CNCC(C)(C)SC. The highest BCUT2D eigenvalue weighted by molar-refractivity contribution is 7.99. The van der Waals surface area contributed by atoms with Crippen LogP contribution >= 0.6 is 11.8 Å². The van der Waals surface area contributed by atoms with Gasteiger partial charge < -0.3 is 5.32 Å². The molecule has 0 saturated carbocycles. The molecule has 0 atom stereocenters. The Morgan fingerprint density at radius 3 is 2.50 bits per heavy atom. The van der Waals surface area contributed by atoms with Crippen molar-refractivity contribution in [3.05, 3.63) is 12.2 Å². The Labute approximate surface area is 81.0 Å². The van der Waals surface area contributed by atoms with Crippen LogP contribution in [0.25, 0.3) is 0 Å². The van der Waals surface area contributed by atoms with Crippen molar-refractivity contribution in [2.75, 3.05) is 19.3 Å². The van der Waals surface area contributed by atoms with Crippen molar-refractivity contribution in [1.82, 2.24) is 5.32 Å². The van der Waals surface area contributed by atoms with Gasteiger partial charge in [-0.05, 0) is 26.5 Å². The normalized spacial score (nSPS) is 11.7. The molecule has 0 bridgehead atoms. The maximum absolute atomic E-state index is 3.95. The molecule has 0 spiro atoms. The van der Waals surface area contributed by atoms with Gasteiger partial charge in [-0.25, -0.2) is 0 Å². The smallest absolute Gasteiger partial charge is 0.0225 e. The van der Waals surface area contributed by atoms with Crippen molar-refractivity contribution >= 4 is 11.8 Å². The molecule has 0 aromatic rings. The number of rotatable bonds is 6. The molecular weight excluding hydrogens is 166 g/mol. The predicted molar refractivity (Wildman–Crippen MR) is 59.9 cm³/mol. The Bertz CT molecular complexity index is 141. The molecule has 0 rings (SSSR count). The maximum atomic E-state index is 3.95. The van der Waals surface area contributed by atoms with Crippen LogP contribution < -0.4 is 5.32 Å².